The summed E-state index contributed by atoms with van der Waals surface area (Å²) in [7, 11) is 2.03. The van der Waals surface area contributed by atoms with Crippen LogP contribution in [0.25, 0.3) is 0 Å². The molecule has 1 rings (SSSR count). The van der Waals surface area contributed by atoms with E-state index in [9.17, 15) is 0 Å². The third-order valence-corrected chi connectivity index (χ3v) is 4.08. The van der Waals surface area contributed by atoms with Crippen molar-refractivity contribution in [2.24, 2.45) is 11.8 Å². The van der Waals surface area contributed by atoms with Crippen LogP contribution in [0.4, 0.5) is 0 Å². The van der Waals surface area contributed by atoms with Crippen LogP contribution in [-0.2, 0) is 0 Å². The molecule has 17 heavy (non-hydrogen) atoms. The van der Waals surface area contributed by atoms with E-state index in [1.807, 2.05) is 7.05 Å². The summed E-state index contributed by atoms with van der Waals surface area (Å²) in [5.41, 5.74) is 1.65. The molecule has 100 valence electrons. The van der Waals surface area contributed by atoms with Crippen molar-refractivity contribution in [3.63, 3.8) is 0 Å². The molecule has 1 aliphatic rings. The van der Waals surface area contributed by atoms with E-state index in [0.717, 1.165) is 12.5 Å². The molecule has 0 saturated heterocycles. The molecular weight excluding hydrogens is 208 g/mol. The van der Waals surface area contributed by atoms with Crippen molar-refractivity contribution in [3.05, 3.63) is 11.6 Å². The minimum absolute atomic E-state index is 0.543. The third kappa shape index (κ3) is 3.82. The predicted octanol–water partition coefficient (Wildman–Crippen LogP) is 2.95. The lowest BCUT2D eigenvalue weighted by molar-refractivity contribution is 0.341. The second-order valence-electron chi connectivity index (χ2n) is 5.47. The first-order valence-corrected chi connectivity index (χ1v) is 7.26. The topological polar surface area (TPSA) is 24.1 Å². The highest BCUT2D eigenvalue weighted by molar-refractivity contribution is 5.20. The molecule has 0 amide bonds. The molecule has 2 heteroatoms. The van der Waals surface area contributed by atoms with Gasteiger partial charge in [0.05, 0.1) is 0 Å². The summed E-state index contributed by atoms with van der Waals surface area (Å²) >= 11 is 0. The summed E-state index contributed by atoms with van der Waals surface area (Å²) in [4.78, 5) is 0. The summed E-state index contributed by atoms with van der Waals surface area (Å²) in [6, 6.07) is 1.12. The van der Waals surface area contributed by atoms with Gasteiger partial charge in [0.1, 0.15) is 0 Å². The molecule has 0 radical (unpaired) electrons. The van der Waals surface area contributed by atoms with Crippen LogP contribution in [0.1, 0.15) is 47.0 Å². The SMILES string of the molecule is CCCC(CC)C1=CC(C)[C@@H](CNC)NC1C. The second-order valence-corrected chi connectivity index (χ2v) is 5.47. The van der Waals surface area contributed by atoms with Crippen molar-refractivity contribution in [2.75, 3.05) is 13.6 Å². The zero-order valence-corrected chi connectivity index (χ0v) is 12.2. The van der Waals surface area contributed by atoms with Gasteiger partial charge in [-0.05, 0) is 38.6 Å². The molecule has 1 heterocycles. The molecular formula is C15H30N2. The zero-order valence-electron chi connectivity index (χ0n) is 12.2. The number of likely N-dealkylation sites (N-methyl/N-ethyl adjacent to an activating group) is 1. The Bertz CT molecular complexity index is 247. The molecule has 0 aliphatic carbocycles. The molecule has 2 nitrogen and oxygen atoms in total. The van der Waals surface area contributed by atoms with Crippen molar-refractivity contribution in [2.45, 2.75) is 59.0 Å². The number of hydrogen-bond acceptors (Lipinski definition) is 2. The fraction of sp³-hybridized carbons (Fsp3) is 0.867. The number of hydrogen-bond donors (Lipinski definition) is 2. The van der Waals surface area contributed by atoms with Crippen molar-refractivity contribution >= 4 is 0 Å². The van der Waals surface area contributed by atoms with Crippen LogP contribution in [0.5, 0.6) is 0 Å². The van der Waals surface area contributed by atoms with Crippen molar-refractivity contribution in [3.8, 4) is 0 Å². The van der Waals surface area contributed by atoms with Gasteiger partial charge in [0.2, 0.25) is 0 Å². The highest BCUT2D eigenvalue weighted by Gasteiger charge is 2.27. The summed E-state index contributed by atoms with van der Waals surface area (Å²) < 4.78 is 0. The van der Waals surface area contributed by atoms with Crippen LogP contribution < -0.4 is 10.6 Å². The van der Waals surface area contributed by atoms with E-state index in [2.05, 4.69) is 44.4 Å². The lowest BCUT2D eigenvalue weighted by Gasteiger charge is -2.37. The molecule has 3 unspecified atom stereocenters. The van der Waals surface area contributed by atoms with Crippen LogP contribution in [-0.4, -0.2) is 25.7 Å². The van der Waals surface area contributed by atoms with Gasteiger partial charge >= 0.3 is 0 Å². The Labute approximate surface area is 107 Å². The quantitative estimate of drug-likeness (QED) is 0.695. The molecule has 0 saturated carbocycles. The lowest BCUT2D eigenvalue weighted by Crippen LogP contribution is -2.50. The summed E-state index contributed by atoms with van der Waals surface area (Å²) in [5, 5.41) is 7.04. The Morgan fingerprint density at radius 2 is 2.06 bits per heavy atom. The first kappa shape index (κ1) is 14.7. The molecule has 4 atom stereocenters. The Morgan fingerprint density at radius 1 is 1.35 bits per heavy atom. The van der Waals surface area contributed by atoms with E-state index in [4.69, 9.17) is 0 Å². The maximum absolute atomic E-state index is 3.76. The van der Waals surface area contributed by atoms with Gasteiger partial charge in [0, 0.05) is 18.6 Å². The van der Waals surface area contributed by atoms with Gasteiger partial charge in [-0.25, -0.2) is 0 Å². The van der Waals surface area contributed by atoms with E-state index < -0.39 is 0 Å². The first-order chi connectivity index (χ1) is 8.13. The summed E-state index contributed by atoms with van der Waals surface area (Å²) in [5.74, 6) is 1.42. The lowest BCUT2D eigenvalue weighted by atomic mass is 9.81. The van der Waals surface area contributed by atoms with Gasteiger partial charge in [0.25, 0.3) is 0 Å². The van der Waals surface area contributed by atoms with E-state index in [1.54, 1.807) is 5.57 Å². The minimum atomic E-state index is 0.543. The number of nitrogens with one attached hydrogen (secondary N) is 2. The van der Waals surface area contributed by atoms with E-state index >= 15 is 0 Å². The van der Waals surface area contributed by atoms with E-state index in [0.29, 0.717) is 18.0 Å². The Hall–Kier alpha value is -0.340. The second kappa shape index (κ2) is 7.17. The number of rotatable bonds is 6. The smallest absolute Gasteiger partial charge is 0.0258 e. The average molecular weight is 238 g/mol. The van der Waals surface area contributed by atoms with Gasteiger partial charge in [-0.15, -0.1) is 0 Å². The van der Waals surface area contributed by atoms with Crippen LogP contribution in [0.2, 0.25) is 0 Å². The van der Waals surface area contributed by atoms with Gasteiger partial charge < -0.3 is 10.6 Å². The maximum atomic E-state index is 3.76. The van der Waals surface area contributed by atoms with Gasteiger partial charge in [-0.2, -0.15) is 0 Å². The monoisotopic (exact) mass is 238 g/mol. The van der Waals surface area contributed by atoms with E-state index in [1.165, 1.54) is 19.3 Å². The van der Waals surface area contributed by atoms with Gasteiger partial charge in [-0.3, -0.25) is 0 Å². The molecule has 0 aromatic rings. The molecule has 0 fully saturated rings. The molecule has 1 aliphatic heterocycles. The van der Waals surface area contributed by atoms with Crippen molar-refractivity contribution in [1.82, 2.24) is 10.6 Å². The predicted molar refractivity (Wildman–Crippen MR) is 76.2 cm³/mol. The van der Waals surface area contributed by atoms with Crippen LogP contribution in [0.15, 0.2) is 11.6 Å². The highest BCUT2D eigenvalue weighted by atomic mass is 15.0. The van der Waals surface area contributed by atoms with Gasteiger partial charge in [-0.1, -0.05) is 38.8 Å². The fourth-order valence-electron chi connectivity index (χ4n) is 3.04. The van der Waals surface area contributed by atoms with Crippen molar-refractivity contribution < 1.29 is 0 Å². The van der Waals surface area contributed by atoms with Crippen LogP contribution in [0, 0.1) is 11.8 Å². The maximum Gasteiger partial charge on any atom is 0.0258 e. The minimum Gasteiger partial charge on any atom is -0.318 e. The normalized spacial score (nSPS) is 31.1. The summed E-state index contributed by atoms with van der Waals surface area (Å²) in [6.45, 7) is 10.3. The standard InChI is InChI=1S/C15H30N2/c1-6-8-13(7-2)14-9-11(3)15(10-16-5)17-12(14)4/h9,11-13,15-17H,6-8,10H2,1-5H3/t11?,12?,13?,15-/m1/s1. The highest BCUT2D eigenvalue weighted by Crippen LogP contribution is 2.29. The first-order valence-electron chi connectivity index (χ1n) is 7.26. The molecule has 0 aromatic carbocycles. The molecule has 0 aromatic heterocycles. The fourth-order valence-corrected chi connectivity index (χ4v) is 3.04. The Kier molecular flexibility index (Phi) is 6.21. The van der Waals surface area contributed by atoms with Crippen molar-refractivity contribution in [1.29, 1.82) is 0 Å². The Morgan fingerprint density at radius 3 is 2.59 bits per heavy atom. The van der Waals surface area contributed by atoms with Crippen LogP contribution in [0.3, 0.4) is 0 Å². The largest absolute Gasteiger partial charge is 0.318 e. The van der Waals surface area contributed by atoms with Crippen LogP contribution >= 0.6 is 0 Å². The third-order valence-electron chi connectivity index (χ3n) is 4.08. The van der Waals surface area contributed by atoms with Gasteiger partial charge in [0.15, 0.2) is 0 Å². The van der Waals surface area contributed by atoms with E-state index in [-0.39, 0.29) is 0 Å². The zero-order chi connectivity index (χ0) is 12.8. The average Bonchev–Trinajstić information content (AvgIpc) is 2.31. The molecule has 0 spiro atoms. The Balaban J connectivity index is 2.75. The molecule has 0 bridgehead atoms. The summed E-state index contributed by atoms with van der Waals surface area (Å²) in [6.07, 6.45) is 6.43. The molecule has 2 N–H and O–H groups in total.